The van der Waals surface area contributed by atoms with E-state index in [0.29, 0.717) is 0 Å². The Morgan fingerprint density at radius 1 is 1.24 bits per heavy atom. The molecule has 2 heterocycles. The fraction of sp³-hybridized carbons (Fsp3) is 0.778. The Balaban J connectivity index is 1.57. The van der Waals surface area contributed by atoms with Gasteiger partial charge in [-0.15, -0.1) is 0 Å². The van der Waals surface area contributed by atoms with Crippen molar-refractivity contribution in [2.45, 2.75) is 64.0 Å². The second-order valence-electron chi connectivity index (χ2n) is 6.97. The Bertz CT molecular complexity index is 397. The molecule has 2 unspecified atom stereocenters. The first-order valence-electron chi connectivity index (χ1n) is 8.81. The summed E-state index contributed by atoms with van der Waals surface area (Å²) in [7, 11) is 0. The third-order valence-electron chi connectivity index (χ3n) is 5.51. The van der Waals surface area contributed by atoms with E-state index >= 15 is 0 Å². The van der Waals surface area contributed by atoms with Crippen molar-refractivity contribution >= 4 is 11.3 Å². The van der Waals surface area contributed by atoms with Gasteiger partial charge in [-0.05, 0) is 67.5 Å². The summed E-state index contributed by atoms with van der Waals surface area (Å²) in [5.74, 6) is 0.924. The molecular weight excluding hydrogens is 276 g/mol. The Morgan fingerprint density at radius 2 is 2.10 bits per heavy atom. The summed E-state index contributed by atoms with van der Waals surface area (Å²) in [6, 6.07) is 3.74. The lowest BCUT2D eigenvalue weighted by atomic mass is 9.83. The molecule has 2 atom stereocenters. The van der Waals surface area contributed by atoms with E-state index in [1.165, 1.54) is 70.1 Å². The summed E-state index contributed by atoms with van der Waals surface area (Å²) in [5, 5.41) is 8.37. The number of hydrogen-bond acceptors (Lipinski definition) is 3. The van der Waals surface area contributed by atoms with Crippen LogP contribution >= 0.6 is 11.3 Å². The third kappa shape index (κ3) is 4.30. The van der Waals surface area contributed by atoms with Gasteiger partial charge in [0.25, 0.3) is 0 Å². The minimum Gasteiger partial charge on any atom is -0.312 e. The summed E-state index contributed by atoms with van der Waals surface area (Å²) in [6.45, 7) is 6.11. The largest absolute Gasteiger partial charge is 0.312 e. The van der Waals surface area contributed by atoms with Crippen LogP contribution in [-0.2, 0) is 6.42 Å². The number of hydrogen-bond donors (Lipinski definition) is 1. The van der Waals surface area contributed by atoms with Crippen LogP contribution in [0, 0.1) is 5.92 Å². The second-order valence-corrected chi connectivity index (χ2v) is 7.75. The maximum Gasteiger partial charge on any atom is 0.0223 e. The molecule has 118 valence electrons. The van der Waals surface area contributed by atoms with Gasteiger partial charge in [0.05, 0.1) is 0 Å². The molecule has 0 radical (unpaired) electrons. The maximum atomic E-state index is 3.87. The molecule has 3 heteroatoms. The Kier molecular flexibility index (Phi) is 5.73. The highest BCUT2D eigenvalue weighted by atomic mass is 32.1. The minimum absolute atomic E-state index is 0.727. The summed E-state index contributed by atoms with van der Waals surface area (Å²) in [4.78, 5) is 2.75. The van der Waals surface area contributed by atoms with Crippen LogP contribution < -0.4 is 5.32 Å². The molecule has 1 aliphatic carbocycles. The van der Waals surface area contributed by atoms with Crippen molar-refractivity contribution in [1.29, 1.82) is 0 Å². The normalized spacial score (nSPS) is 29.4. The molecule has 1 saturated carbocycles. The van der Waals surface area contributed by atoms with Gasteiger partial charge in [0, 0.05) is 25.2 Å². The van der Waals surface area contributed by atoms with Crippen LogP contribution in [0.2, 0.25) is 0 Å². The van der Waals surface area contributed by atoms with Crippen LogP contribution in [0.5, 0.6) is 0 Å². The highest BCUT2D eigenvalue weighted by Crippen LogP contribution is 2.28. The van der Waals surface area contributed by atoms with E-state index in [2.05, 4.69) is 34.0 Å². The molecule has 21 heavy (non-hydrogen) atoms. The first-order chi connectivity index (χ1) is 10.3. The smallest absolute Gasteiger partial charge is 0.0223 e. The molecule has 1 aromatic heterocycles. The van der Waals surface area contributed by atoms with Crippen molar-refractivity contribution in [1.82, 2.24) is 10.2 Å². The van der Waals surface area contributed by atoms with E-state index in [9.17, 15) is 0 Å². The van der Waals surface area contributed by atoms with Crippen LogP contribution in [0.4, 0.5) is 0 Å². The van der Waals surface area contributed by atoms with Gasteiger partial charge in [-0.25, -0.2) is 0 Å². The van der Waals surface area contributed by atoms with Gasteiger partial charge < -0.3 is 5.32 Å². The molecule has 2 fully saturated rings. The average Bonchev–Trinajstić information content (AvgIpc) is 2.97. The van der Waals surface area contributed by atoms with Crippen molar-refractivity contribution in [3.05, 3.63) is 22.4 Å². The monoisotopic (exact) mass is 306 g/mol. The average molecular weight is 307 g/mol. The summed E-state index contributed by atoms with van der Waals surface area (Å²) >= 11 is 1.82. The van der Waals surface area contributed by atoms with Crippen LogP contribution in [0.25, 0.3) is 0 Å². The molecule has 1 aromatic rings. The predicted molar refractivity (Wildman–Crippen MR) is 92.0 cm³/mol. The molecule has 1 N–H and O–H groups in total. The van der Waals surface area contributed by atoms with Gasteiger partial charge in [0.2, 0.25) is 0 Å². The summed E-state index contributed by atoms with van der Waals surface area (Å²) < 4.78 is 0. The van der Waals surface area contributed by atoms with Gasteiger partial charge in [-0.1, -0.05) is 19.3 Å². The van der Waals surface area contributed by atoms with Gasteiger partial charge in [-0.3, -0.25) is 4.90 Å². The van der Waals surface area contributed by atoms with Crippen LogP contribution in [0.15, 0.2) is 16.8 Å². The van der Waals surface area contributed by atoms with Crippen molar-refractivity contribution < 1.29 is 0 Å². The third-order valence-corrected chi connectivity index (χ3v) is 6.24. The quantitative estimate of drug-likeness (QED) is 0.907. The fourth-order valence-electron chi connectivity index (χ4n) is 4.03. The van der Waals surface area contributed by atoms with Crippen molar-refractivity contribution in [2.75, 3.05) is 19.6 Å². The van der Waals surface area contributed by atoms with E-state index in [0.717, 1.165) is 18.0 Å². The van der Waals surface area contributed by atoms with E-state index in [1.807, 2.05) is 11.3 Å². The summed E-state index contributed by atoms with van der Waals surface area (Å²) in [5.41, 5.74) is 1.51. The lowest BCUT2D eigenvalue weighted by Crippen LogP contribution is -2.45. The zero-order chi connectivity index (χ0) is 14.5. The molecule has 0 bridgehead atoms. The van der Waals surface area contributed by atoms with Gasteiger partial charge in [-0.2, -0.15) is 11.3 Å². The fourth-order valence-corrected chi connectivity index (χ4v) is 4.73. The molecule has 0 spiro atoms. The van der Waals surface area contributed by atoms with Gasteiger partial charge >= 0.3 is 0 Å². The highest BCUT2D eigenvalue weighted by Gasteiger charge is 2.29. The van der Waals surface area contributed by atoms with E-state index in [4.69, 9.17) is 0 Å². The first-order valence-corrected chi connectivity index (χ1v) is 9.76. The van der Waals surface area contributed by atoms with Crippen LogP contribution in [-0.4, -0.2) is 36.6 Å². The van der Waals surface area contributed by atoms with Crippen LogP contribution in [0.1, 0.15) is 51.0 Å². The highest BCUT2D eigenvalue weighted by molar-refractivity contribution is 7.07. The second kappa shape index (κ2) is 7.75. The number of rotatable bonds is 4. The molecule has 2 nitrogen and oxygen atoms in total. The lowest BCUT2D eigenvalue weighted by molar-refractivity contribution is 0.173. The standard InChI is InChI=1S/C18H30N2S/c1-15-7-10-19-18(17-5-3-2-4-6-17)13-20(15)11-8-16-9-12-21-14-16/h9,12,14-15,17-19H,2-8,10-11,13H2,1H3. The summed E-state index contributed by atoms with van der Waals surface area (Å²) in [6.07, 6.45) is 9.77. The van der Waals surface area contributed by atoms with Crippen molar-refractivity contribution in [3.63, 3.8) is 0 Å². The lowest BCUT2D eigenvalue weighted by Gasteiger charge is -2.34. The van der Waals surface area contributed by atoms with E-state index < -0.39 is 0 Å². The number of thiophene rings is 1. The molecule has 0 amide bonds. The zero-order valence-electron chi connectivity index (χ0n) is 13.4. The molecule has 3 rings (SSSR count). The molecular formula is C18H30N2S. The molecule has 1 saturated heterocycles. The van der Waals surface area contributed by atoms with Gasteiger partial charge in [0.15, 0.2) is 0 Å². The molecule has 2 aliphatic rings. The SMILES string of the molecule is CC1CCNC(C2CCCCC2)CN1CCc1ccsc1. The molecule has 0 aromatic carbocycles. The van der Waals surface area contributed by atoms with E-state index in [1.54, 1.807) is 0 Å². The minimum atomic E-state index is 0.727. The van der Waals surface area contributed by atoms with Crippen molar-refractivity contribution in [3.8, 4) is 0 Å². The number of nitrogens with one attached hydrogen (secondary N) is 1. The first kappa shape index (κ1) is 15.5. The zero-order valence-corrected chi connectivity index (χ0v) is 14.2. The molecule has 1 aliphatic heterocycles. The predicted octanol–water partition coefficient (Wildman–Crippen LogP) is 3.92. The van der Waals surface area contributed by atoms with Crippen LogP contribution in [0.3, 0.4) is 0 Å². The van der Waals surface area contributed by atoms with E-state index in [-0.39, 0.29) is 0 Å². The maximum absolute atomic E-state index is 3.87. The Labute approximate surface area is 133 Å². The topological polar surface area (TPSA) is 15.3 Å². The number of nitrogens with zero attached hydrogens (tertiary/aromatic N) is 1. The Morgan fingerprint density at radius 3 is 2.86 bits per heavy atom. The van der Waals surface area contributed by atoms with Crippen molar-refractivity contribution in [2.24, 2.45) is 5.92 Å². The Hall–Kier alpha value is -0.380. The van der Waals surface area contributed by atoms with Gasteiger partial charge in [0.1, 0.15) is 0 Å².